The highest BCUT2D eigenvalue weighted by Crippen LogP contribution is 2.39. The molecule has 0 saturated heterocycles. The molecule has 0 aliphatic rings. The monoisotopic (exact) mass is 311 g/mol. The van der Waals surface area contributed by atoms with Gasteiger partial charge in [-0.3, -0.25) is 0 Å². The van der Waals surface area contributed by atoms with Crippen LogP contribution < -0.4 is 0 Å². The minimum absolute atomic E-state index is 0.685. The number of hydrogen-bond acceptors (Lipinski definition) is 3. The first-order chi connectivity index (χ1) is 8.74. The van der Waals surface area contributed by atoms with E-state index in [2.05, 4.69) is 4.98 Å². The number of benzene rings is 1. The molecule has 0 unspecified atom stereocenters. The predicted octanol–water partition coefficient (Wildman–Crippen LogP) is 5.85. The lowest BCUT2D eigenvalue weighted by atomic mass is 10.2. The number of nitrogens with zero attached hydrogens (tertiary/aromatic N) is 1. The second kappa shape index (κ2) is 5.02. The molecule has 0 atom stereocenters. The number of aromatic nitrogens is 1. The largest absolute Gasteiger partial charge is 0.236 e. The SMILES string of the molecule is Clc1cc(-c2csc(-c3ccccc3)n2)c(Cl)s1. The molecule has 0 N–H and O–H groups in total. The van der Waals surface area contributed by atoms with Crippen LogP contribution >= 0.6 is 45.9 Å². The van der Waals surface area contributed by atoms with E-state index >= 15 is 0 Å². The summed E-state index contributed by atoms with van der Waals surface area (Å²) in [5.74, 6) is 0. The standard InChI is InChI=1S/C13H7Cl2NS2/c14-11-6-9(12(15)18-11)10-7-17-13(16-10)8-4-2-1-3-5-8/h1-7H. The minimum Gasteiger partial charge on any atom is -0.236 e. The van der Waals surface area contributed by atoms with Crippen LogP contribution in [0.2, 0.25) is 8.67 Å². The highest BCUT2D eigenvalue weighted by atomic mass is 35.5. The molecule has 0 spiro atoms. The van der Waals surface area contributed by atoms with Gasteiger partial charge in [0.25, 0.3) is 0 Å². The summed E-state index contributed by atoms with van der Waals surface area (Å²) in [4.78, 5) is 4.61. The Balaban J connectivity index is 2.02. The van der Waals surface area contributed by atoms with Crippen molar-refractivity contribution in [2.24, 2.45) is 0 Å². The summed E-state index contributed by atoms with van der Waals surface area (Å²) in [6, 6.07) is 12.0. The second-order valence-electron chi connectivity index (χ2n) is 3.64. The molecule has 0 radical (unpaired) electrons. The van der Waals surface area contributed by atoms with Crippen LogP contribution in [0.1, 0.15) is 0 Å². The average molecular weight is 312 g/mol. The number of thiophene rings is 1. The number of hydrogen-bond donors (Lipinski definition) is 0. The first-order valence-electron chi connectivity index (χ1n) is 5.20. The van der Waals surface area contributed by atoms with Gasteiger partial charge in [-0.25, -0.2) is 4.98 Å². The first kappa shape index (κ1) is 12.2. The molecule has 3 rings (SSSR count). The number of thiazole rings is 1. The van der Waals surface area contributed by atoms with Gasteiger partial charge in [0.2, 0.25) is 0 Å². The Morgan fingerprint density at radius 1 is 1.06 bits per heavy atom. The molecule has 0 aliphatic heterocycles. The van der Waals surface area contributed by atoms with E-state index < -0.39 is 0 Å². The molecule has 3 aromatic rings. The Hall–Kier alpha value is -0.870. The molecule has 5 heteroatoms. The molecular formula is C13H7Cl2NS2. The zero-order valence-electron chi connectivity index (χ0n) is 9.06. The minimum atomic E-state index is 0.685. The van der Waals surface area contributed by atoms with E-state index in [4.69, 9.17) is 23.2 Å². The third-order valence-electron chi connectivity index (χ3n) is 2.46. The van der Waals surface area contributed by atoms with Crippen molar-refractivity contribution in [2.45, 2.75) is 0 Å². The maximum absolute atomic E-state index is 6.13. The van der Waals surface area contributed by atoms with Crippen LogP contribution in [0.15, 0.2) is 41.8 Å². The van der Waals surface area contributed by atoms with Crippen molar-refractivity contribution in [1.82, 2.24) is 4.98 Å². The van der Waals surface area contributed by atoms with Gasteiger partial charge in [-0.15, -0.1) is 22.7 Å². The van der Waals surface area contributed by atoms with Gasteiger partial charge >= 0.3 is 0 Å². The maximum Gasteiger partial charge on any atom is 0.124 e. The predicted molar refractivity (Wildman–Crippen MR) is 80.9 cm³/mol. The third kappa shape index (κ3) is 2.31. The van der Waals surface area contributed by atoms with Gasteiger partial charge in [0, 0.05) is 16.5 Å². The summed E-state index contributed by atoms with van der Waals surface area (Å²) < 4.78 is 1.37. The lowest BCUT2D eigenvalue weighted by Crippen LogP contribution is -1.77. The van der Waals surface area contributed by atoms with Gasteiger partial charge in [0.05, 0.1) is 10.0 Å². The number of rotatable bonds is 2. The normalized spacial score (nSPS) is 10.8. The smallest absolute Gasteiger partial charge is 0.124 e. The topological polar surface area (TPSA) is 12.9 Å². The van der Waals surface area contributed by atoms with E-state index in [1.54, 1.807) is 11.3 Å². The summed E-state index contributed by atoms with van der Waals surface area (Å²) >= 11 is 15.1. The van der Waals surface area contributed by atoms with Gasteiger partial charge < -0.3 is 0 Å². The molecule has 90 valence electrons. The van der Waals surface area contributed by atoms with Crippen LogP contribution in [0.25, 0.3) is 21.8 Å². The summed E-state index contributed by atoms with van der Waals surface area (Å²) in [5, 5.41) is 3.00. The van der Waals surface area contributed by atoms with E-state index in [0.29, 0.717) is 8.67 Å². The first-order valence-corrected chi connectivity index (χ1v) is 7.65. The van der Waals surface area contributed by atoms with Crippen LogP contribution in [-0.2, 0) is 0 Å². The van der Waals surface area contributed by atoms with Crippen molar-refractivity contribution in [3.05, 3.63) is 50.5 Å². The zero-order valence-corrected chi connectivity index (χ0v) is 12.2. The molecule has 0 aliphatic carbocycles. The van der Waals surface area contributed by atoms with Crippen LogP contribution in [0, 0.1) is 0 Å². The van der Waals surface area contributed by atoms with Gasteiger partial charge in [0.1, 0.15) is 9.34 Å². The van der Waals surface area contributed by atoms with E-state index in [9.17, 15) is 0 Å². The summed E-state index contributed by atoms with van der Waals surface area (Å²) in [6.07, 6.45) is 0. The van der Waals surface area contributed by atoms with Crippen LogP contribution in [-0.4, -0.2) is 4.98 Å². The van der Waals surface area contributed by atoms with Crippen molar-refractivity contribution in [3.63, 3.8) is 0 Å². The van der Waals surface area contributed by atoms with Crippen molar-refractivity contribution in [3.8, 4) is 21.8 Å². The molecule has 0 fully saturated rings. The fourth-order valence-electron chi connectivity index (χ4n) is 1.63. The van der Waals surface area contributed by atoms with Gasteiger partial charge in [-0.05, 0) is 6.07 Å². The molecule has 18 heavy (non-hydrogen) atoms. The van der Waals surface area contributed by atoms with Crippen molar-refractivity contribution >= 4 is 45.9 Å². The quantitative estimate of drug-likeness (QED) is 0.579. The molecule has 2 heterocycles. The Kier molecular flexibility index (Phi) is 3.39. The molecule has 2 aromatic heterocycles. The van der Waals surface area contributed by atoms with Crippen molar-refractivity contribution in [1.29, 1.82) is 0 Å². The van der Waals surface area contributed by atoms with Crippen LogP contribution in [0.5, 0.6) is 0 Å². The zero-order chi connectivity index (χ0) is 12.5. The van der Waals surface area contributed by atoms with Gasteiger partial charge in [-0.1, -0.05) is 53.5 Å². The second-order valence-corrected chi connectivity index (χ2v) is 6.79. The highest BCUT2D eigenvalue weighted by Gasteiger charge is 2.12. The average Bonchev–Trinajstić information content (AvgIpc) is 2.97. The lowest BCUT2D eigenvalue weighted by molar-refractivity contribution is 1.41. The summed E-state index contributed by atoms with van der Waals surface area (Å²) in [6.45, 7) is 0. The number of halogens is 2. The Labute approximate surface area is 123 Å². The maximum atomic E-state index is 6.13. The third-order valence-corrected chi connectivity index (χ3v) is 4.84. The van der Waals surface area contributed by atoms with Gasteiger partial charge in [-0.2, -0.15) is 0 Å². The molecule has 0 bridgehead atoms. The fraction of sp³-hybridized carbons (Fsp3) is 0. The highest BCUT2D eigenvalue weighted by molar-refractivity contribution is 7.20. The lowest BCUT2D eigenvalue weighted by Gasteiger charge is -1.94. The Morgan fingerprint density at radius 3 is 2.50 bits per heavy atom. The summed E-state index contributed by atoms with van der Waals surface area (Å²) in [5.41, 5.74) is 2.91. The van der Waals surface area contributed by atoms with Crippen LogP contribution in [0.4, 0.5) is 0 Å². The summed E-state index contributed by atoms with van der Waals surface area (Å²) in [7, 11) is 0. The van der Waals surface area contributed by atoms with E-state index in [0.717, 1.165) is 21.8 Å². The molecular weight excluding hydrogens is 305 g/mol. The molecule has 1 aromatic carbocycles. The molecule has 0 amide bonds. The Bertz CT molecular complexity index is 673. The Morgan fingerprint density at radius 2 is 1.83 bits per heavy atom. The van der Waals surface area contributed by atoms with Gasteiger partial charge in [0.15, 0.2) is 0 Å². The fourth-order valence-corrected chi connectivity index (χ4v) is 3.93. The van der Waals surface area contributed by atoms with E-state index in [1.807, 2.05) is 41.8 Å². The molecule has 0 saturated carbocycles. The molecule has 1 nitrogen and oxygen atoms in total. The van der Waals surface area contributed by atoms with E-state index in [-0.39, 0.29) is 0 Å². The van der Waals surface area contributed by atoms with Crippen molar-refractivity contribution in [2.75, 3.05) is 0 Å². The van der Waals surface area contributed by atoms with Crippen LogP contribution in [0.3, 0.4) is 0 Å². The van der Waals surface area contributed by atoms with E-state index in [1.165, 1.54) is 11.3 Å². The van der Waals surface area contributed by atoms with Crippen molar-refractivity contribution < 1.29 is 0 Å².